The molecule has 0 aliphatic heterocycles. The van der Waals surface area contributed by atoms with Crippen molar-refractivity contribution in [3.05, 3.63) is 107 Å². The Bertz CT molecular complexity index is 1370. The van der Waals surface area contributed by atoms with E-state index in [9.17, 15) is 0 Å². The van der Waals surface area contributed by atoms with E-state index in [1.807, 2.05) is 42.9 Å². The molecule has 146 valence electrons. The highest BCUT2D eigenvalue weighted by Crippen LogP contribution is 2.37. The summed E-state index contributed by atoms with van der Waals surface area (Å²) in [6, 6.07) is 23.1. The largest absolute Gasteiger partial charge is 0.331 e. The van der Waals surface area contributed by atoms with E-state index in [1.165, 1.54) is 16.3 Å². The van der Waals surface area contributed by atoms with Crippen molar-refractivity contribution in [3.63, 3.8) is 0 Å². The van der Waals surface area contributed by atoms with Crippen LogP contribution in [0.25, 0.3) is 34.0 Å². The molecule has 1 unspecified atom stereocenters. The molecule has 3 aromatic heterocycles. The minimum Gasteiger partial charge on any atom is -0.331 e. The van der Waals surface area contributed by atoms with Crippen LogP contribution in [0.4, 0.5) is 0 Å². The number of para-hydroxylation sites is 1. The SMILES string of the molecule is CC(c1cnccc1Br)n1c2ccccc2c2ccnc(/C=C/c3ccccc3)c21. The normalized spacial score (nSPS) is 12.7. The third kappa shape index (κ3) is 3.23. The van der Waals surface area contributed by atoms with Gasteiger partial charge in [-0.15, -0.1) is 0 Å². The summed E-state index contributed by atoms with van der Waals surface area (Å²) in [5.74, 6) is 0. The van der Waals surface area contributed by atoms with E-state index in [0.717, 1.165) is 26.8 Å². The minimum absolute atomic E-state index is 0.0866. The second kappa shape index (κ2) is 7.88. The molecule has 5 rings (SSSR count). The molecule has 5 aromatic rings. The molecule has 1 atom stereocenters. The van der Waals surface area contributed by atoms with Crippen LogP contribution in [-0.2, 0) is 0 Å². The van der Waals surface area contributed by atoms with Crippen molar-refractivity contribution in [2.45, 2.75) is 13.0 Å². The van der Waals surface area contributed by atoms with Gasteiger partial charge in [-0.05, 0) is 36.8 Å². The predicted molar refractivity (Wildman–Crippen MR) is 128 cm³/mol. The first-order valence-electron chi connectivity index (χ1n) is 9.94. The summed E-state index contributed by atoms with van der Waals surface area (Å²) >= 11 is 3.71. The number of halogens is 1. The van der Waals surface area contributed by atoms with Gasteiger partial charge in [-0.2, -0.15) is 0 Å². The molecular weight excluding hydrogens is 434 g/mol. The molecule has 30 heavy (non-hydrogen) atoms. The van der Waals surface area contributed by atoms with Crippen LogP contribution >= 0.6 is 15.9 Å². The average molecular weight is 454 g/mol. The fourth-order valence-corrected chi connectivity index (χ4v) is 4.62. The van der Waals surface area contributed by atoms with Crippen molar-refractivity contribution in [1.29, 1.82) is 0 Å². The lowest BCUT2D eigenvalue weighted by Gasteiger charge is -2.19. The van der Waals surface area contributed by atoms with Crippen molar-refractivity contribution in [1.82, 2.24) is 14.5 Å². The third-order valence-corrected chi connectivity index (χ3v) is 6.24. The lowest BCUT2D eigenvalue weighted by atomic mass is 10.1. The Morgan fingerprint density at radius 3 is 2.50 bits per heavy atom. The summed E-state index contributed by atoms with van der Waals surface area (Å²) in [6.07, 6.45) is 9.87. The second-order valence-corrected chi connectivity index (χ2v) is 8.15. The van der Waals surface area contributed by atoms with Crippen molar-refractivity contribution >= 4 is 49.9 Å². The summed E-state index contributed by atoms with van der Waals surface area (Å²) in [7, 11) is 0. The number of hydrogen-bond acceptors (Lipinski definition) is 2. The molecule has 0 spiro atoms. The number of hydrogen-bond donors (Lipinski definition) is 0. The number of fused-ring (bicyclic) bond motifs is 3. The molecule has 0 N–H and O–H groups in total. The summed E-state index contributed by atoms with van der Waals surface area (Å²) < 4.78 is 3.44. The Kier molecular flexibility index (Phi) is 4.93. The first kappa shape index (κ1) is 18.8. The van der Waals surface area contributed by atoms with Gasteiger partial charge in [0.25, 0.3) is 0 Å². The lowest BCUT2D eigenvalue weighted by Crippen LogP contribution is -2.08. The third-order valence-electron chi connectivity index (χ3n) is 5.51. The first-order chi connectivity index (χ1) is 14.7. The summed E-state index contributed by atoms with van der Waals surface area (Å²) in [6.45, 7) is 2.21. The number of benzene rings is 2. The van der Waals surface area contributed by atoms with Crippen molar-refractivity contribution < 1.29 is 0 Å². The smallest absolute Gasteiger partial charge is 0.0873 e. The van der Waals surface area contributed by atoms with Gasteiger partial charge >= 0.3 is 0 Å². The minimum atomic E-state index is 0.0866. The standard InChI is InChI=1S/C26H20BrN3/c1-18(22-17-28-15-14-23(22)27)30-25-10-6-5-9-20(25)21-13-16-29-24(26(21)30)12-11-19-7-3-2-4-8-19/h2-18H,1H3/b12-11+. The number of aromatic nitrogens is 3. The van der Waals surface area contributed by atoms with Crippen LogP contribution in [0.2, 0.25) is 0 Å². The van der Waals surface area contributed by atoms with Gasteiger partial charge in [0.2, 0.25) is 0 Å². The van der Waals surface area contributed by atoms with E-state index in [-0.39, 0.29) is 6.04 Å². The van der Waals surface area contributed by atoms with Gasteiger partial charge in [0, 0.05) is 44.9 Å². The van der Waals surface area contributed by atoms with Gasteiger partial charge < -0.3 is 4.57 Å². The van der Waals surface area contributed by atoms with Crippen LogP contribution in [0.3, 0.4) is 0 Å². The van der Waals surface area contributed by atoms with Gasteiger partial charge in [0.15, 0.2) is 0 Å². The van der Waals surface area contributed by atoms with Crippen LogP contribution < -0.4 is 0 Å². The zero-order valence-electron chi connectivity index (χ0n) is 16.5. The molecule has 4 heteroatoms. The predicted octanol–water partition coefficient (Wildman–Crippen LogP) is 7.13. The molecule has 3 nitrogen and oxygen atoms in total. The van der Waals surface area contributed by atoms with E-state index in [4.69, 9.17) is 4.98 Å². The topological polar surface area (TPSA) is 30.7 Å². The van der Waals surface area contributed by atoms with Gasteiger partial charge in [-0.3, -0.25) is 9.97 Å². The zero-order valence-corrected chi connectivity index (χ0v) is 18.1. The molecule has 0 amide bonds. The maximum atomic E-state index is 4.74. The highest BCUT2D eigenvalue weighted by atomic mass is 79.9. The highest BCUT2D eigenvalue weighted by Gasteiger charge is 2.20. The number of rotatable bonds is 4. The van der Waals surface area contributed by atoms with Gasteiger partial charge in [-0.25, -0.2) is 0 Å². The molecule has 0 bridgehead atoms. The molecular formula is C26H20BrN3. The fraction of sp³-hybridized carbons (Fsp3) is 0.0769. The number of nitrogens with zero attached hydrogens (tertiary/aromatic N) is 3. The van der Waals surface area contributed by atoms with Crippen molar-refractivity contribution in [2.24, 2.45) is 0 Å². The monoisotopic (exact) mass is 453 g/mol. The molecule has 3 heterocycles. The van der Waals surface area contributed by atoms with E-state index in [2.05, 4.69) is 87.0 Å². The van der Waals surface area contributed by atoms with Crippen LogP contribution in [0.1, 0.15) is 29.8 Å². The van der Waals surface area contributed by atoms with Gasteiger partial charge in [0.05, 0.1) is 17.3 Å². The molecule has 0 saturated carbocycles. The fourth-order valence-electron chi connectivity index (χ4n) is 4.07. The van der Waals surface area contributed by atoms with Gasteiger partial charge in [0.1, 0.15) is 0 Å². The quantitative estimate of drug-likeness (QED) is 0.289. The molecule has 0 radical (unpaired) electrons. The Labute approximate surface area is 183 Å². The average Bonchev–Trinajstić information content (AvgIpc) is 3.13. The van der Waals surface area contributed by atoms with Gasteiger partial charge in [-0.1, -0.05) is 70.5 Å². The van der Waals surface area contributed by atoms with Crippen molar-refractivity contribution in [3.8, 4) is 0 Å². The van der Waals surface area contributed by atoms with Crippen LogP contribution in [0, 0.1) is 0 Å². The second-order valence-electron chi connectivity index (χ2n) is 7.30. The molecule has 0 fully saturated rings. The Balaban J connectivity index is 1.78. The van der Waals surface area contributed by atoms with Crippen LogP contribution in [0.15, 0.2) is 89.8 Å². The summed E-state index contributed by atoms with van der Waals surface area (Å²) in [5, 5.41) is 2.44. The zero-order chi connectivity index (χ0) is 20.5. The van der Waals surface area contributed by atoms with Crippen LogP contribution in [0.5, 0.6) is 0 Å². The van der Waals surface area contributed by atoms with E-state index in [0.29, 0.717) is 0 Å². The molecule has 0 aliphatic carbocycles. The molecule has 2 aromatic carbocycles. The lowest BCUT2D eigenvalue weighted by molar-refractivity contribution is 0.677. The number of pyridine rings is 2. The molecule has 0 saturated heterocycles. The Morgan fingerprint density at radius 1 is 0.867 bits per heavy atom. The Morgan fingerprint density at radius 2 is 1.67 bits per heavy atom. The van der Waals surface area contributed by atoms with Crippen LogP contribution in [-0.4, -0.2) is 14.5 Å². The van der Waals surface area contributed by atoms with E-state index in [1.54, 1.807) is 0 Å². The van der Waals surface area contributed by atoms with E-state index >= 15 is 0 Å². The maximum absolute atomic E-state index is 4.74. The van der Waals surface area contributed by atoms with Crippen molar-refractivity contribution in [2.75, 3.05) is 0 Å². The van der Waals surface area contributed by atoms with E-state index < -0.39 is 0 Å². The summed E-state index contributed by atoms with van der Waals surface area (Å²) in [5.41, 5.74) is 5.58. The summed E-state index contributed by atoms with van der Waals surface area (Å²) in [4.78, 5) is 9.10. The Hall–Kier alpha value is -3.24. The molecule has 0 aliphatic rings. The highest BCUT2D eigenvalue weighted by molar-refractivity contribution is 9.10. The first-order valence-corrected chi connectivity index (χ1v) is 10.7. The maximum Gasteiger partial charge on any atom is 0.0873 e.